The predicted molar refractivity (Wildman–Crippen MR) is 85.9 cm³/mol. The molecule has 2 N–H and O–H groups in total. The van der Waals surface area contributed by atoms with Crippen LogP contribution in [0.3, 0.4) is 0 Å². The quantitative estimate of drug-likeness (QED) is 0.446. The van der Waals surface area contributed by atoms with Crippen LogP contribution in [-0.2, 0) is 19.6 Å². The van der Waals surface area contributed by atoms with E-state index >= 15 is 0 Å². The van der Waals surface area contributed by atoms with E-state index < -0.39 is 16.0 Å². The SMILES string of the molecule is CCOC(=O)/C(C#N)=C/Nc1ccc(S(=O)(=O)NC(C)C)cc1. The average Bonchev–Trinajstić information content (AvgIpc) is 2.47. The van der Waals surface area contributed by atoms with Gasteiger partial charge in [0.25, 0.3) is 0 Å². The molecule has 0 aliphatic rings. The van der Waals surface area contributed by atoms with Gasteiger partial charge in [-0.2, -0.15) is 5.26 Å². The first kappa shape index (κ1) is 18.7. The van der Waals surface area contributed by atoms with Crippen molar-refractivity contribution in [2.75, 3.05) is 11.9 Å². The number of nitrogens with one attached hydrogen (secondary N) is 2. The third kappa shape index (κ3) is 5.73. The summed E-state index contributed by atoms with van der Waals surface area (Å²) >= 11 is 0. The zero-order valence-electron chi connectivity index (χ0n) is 13.2. The zero-order valence-corrected chi connectivity index (χ0v) is 14.0. The topological polar surface area (TPSA) is 108 Å². The van der Waals surface area contributed by atoms with Gasteiger partial charge in [-0.1, -0.05) is 0 Å². The molecule has 23 heavy (non-hydrogen) atoms. The minimum atomic E-state index is -3.55. The monoisotopic (exact) mass is 337 g/mol. The second-order valence-corrected chi connectivity index (χ2v) is 6.55. The minimum Gasteiger partial charge on any atom is -0.462 e. The Labute approximate surface area is 136 Å². The Bertz CT molecular complexity index is 716. The highest BCUT2D eigenvalue weighted by Gasteiger charge is 2.15. The fraction of sp³-hybridized carbons (Fsp3) is 0.333. The summed E-state index contributed by atoms with van der Waals surface area (Å²) in [6.45, 7) is 5.28. The first-order valence-electron chi connectivity index (χ1n) is 6.96. The Morgan fingerprint density at radius 2 is 1.96 bits per heavy atom. The lowest BCUT2D eigenvalue weighted by Gasteiger charge is -2.10. The van der Waals surface area contributed by atoms with Gasteiger partial charge in [-0.25, -0.2) is 17.9 Å². The van der Waals surface area contributed by atoms with Gasteiger partial charge >= 0.3 is 5.97 Å². The van der Waals surface area contributed by atoms with Crippen LogP contribution < -0.4 is 10.0 Å². The van der Waals surface area contributed by atoms with Crippen molar-refractivity contribution >= 4 is 21.7 Å². The average molecular weight is 337 g/mol. The van der Waals surface area contributed by atoms with Gasteiger partial charge in [-0.15, -0.1) is 0 Å². The Morgan fingerprint density at radius 1 is 1.35 bits per heavy atom. The number of anilines is 1. The van der Waals surface area contributed by atoms with Crippen molar-refractivity contribution in [2.24, 2.45) is 0 Å². The largest absolute Gasteiger partial charge is 0.462 e. The van der Waals surface area contributed by atoms with Crippen molar-refractivity contribution in [3.8, 4) is 6.07 Å². The molecule has 0 saturated heterocycles. The third-order valence-corrected chi connectivity index (χ3v) is 4.23. The van der Waals surface area contributed by atoms with Crippen molar-refractivity contribution in [1.29, 1.82) is 5.26 Å². The van der Waals surface area contributed by atoms with Crippen molar-refractivity contribution in [3.05, 3.63) is 36.0 Å². The fourth-order valence-corrected chi connectivity index (χ4v) is 2.86. The summed E-state index contributed by atoms with van der Waals surface area (Å²) in [4.78, 5) is 11.6. The second-order valence-electron chi connectivity index (χ2n) is 4.83. The molecular weight excluding hydrogens is 318 g/mol. The number of carbonyl (C=O) groups excluding carboxylic acids is 1. The van der Waals surface area contributed by atoms with Crippen LogP contribution in [0.15, 0.2) is 40.9 Å². The van der Waals surface area contributed by atoms with Crippen molar-refractivity contribution in [1.82, 2.24) is 4.72 Å². The van der Waals surface area contributed by atoms with Crippen LogP contribution in [0.25, 0.3) is 0 Å². The normalized spacial score (nSPS) is 11.9. The minimum absolute atomic E-state index is 0.131. The van der Waals surface area contributed by atoms with Gasteiger partial charge < -0.3 is 10.1 Å². The van der Waals surface area contributed by atoms with E-state index in [1.165, 1.54) is 30.5 Å². The highest BCUT2D eigenvalue weighted by Crippen LogP contribution is 2.14. The van der Waals surface area contributed by atoms with Gasteiger partial charge in [-0.3, -0.25) is 0 Å². The number of ether oxygens (including phenoxy) is 1. The molecule has 1 aromatic carbocycles. The summed E-state index contributed by atoms with van der Waals surface area (Å²) < 4.78 is 31.2. The smallest absolute Gasteiger partial charge is 0.350 e. The third-order valence-electron chi connectivity index (χ3n) is 2.55. The van der Waals surface area contributed by atoms with E-state index in [0.29, 0.717) is 5.69 Å². The van der Waals surface area contributed by atoms with Crippen LogP contribution in [0.4, 0.5) is 5.69 Å². The van der Waals surface area contributed by atoms with Crippen LogP contribution in [0, 0.1) is 11.3 Å². The number of esters is 1. The first-order chi connectivity index (χ1) is 10.8. The highest BCUT2D eigenvalue weighted by atomic mass is 32.2. The molecule has 0 aromatic heterocycles. The number of nitrogens with zero attached hydrogens (tertiary/aromatic N) is 1. The van der Waals surface area contributed by atoms with E-state index in [1.54, 1.807) is 26.8 Å². The Hall–Kier alpha value is -2.37. The molecule has 0 unspecified atom stereocenters. The molecule has 0 aliphatic heterocycles. The number of rotatable bonds is 7. The Morgan fingerprint density at radius 3 is 2.43 bits per heavy atom. The van der Waals surface area contributed by atoms with Crippen molar-refractivity contribution < 1.29 is 17.9 Å². The summed E-state index contributed by atoms with van der Waals surface area (Å²) in [5, 5.41) is 11.6. The number of sulfonamides is 1. The Kier molecular flexibility index (Phi) is 6.75. The van der Waals surface area contributed by atoms with Crippen molar-refractivity contribution in [3.63, 3.8) is 0 Å². The lowest BCUT2D eigenvalue weighted by molar-refractivity contribution is -0.138. The van der Waals surface area contributed by atoms with E-state index in [2.05, 4.69) is 10.0 Å². The van der Waals surface area contributed by atoms with Crippen molar-refractivity contribution in [2.45, 2.75) is 31.7 Å². The van der Waals surface area contributed by atoms with E-state index in [-0.39, 0.29) is 23.1 Å². The van der Waals surface area contributed by atoms with Gasteiger partial charge in [0.2, 0.25) is 10.0 Å². The number of hydrogen-bond acceptors (Lipinski definition) is 6. The maximum absolute atomic E-state index is 12.0. The molecular formula is C15H19N3O4S. The number of carbonyl (C=O) groups is 1. The lowest BCUT2D eigenvalue weighted by Crippen LogP contribution is -2.30. The first-order valence-corrected chi connectivity index (χ1v) is 8.44. The van der Waals surface area contributed by atoms with Gasteiger partial charge in [0, 0.05) is 17.9 Å². The fourth-order valence-electron chi connectivity index (χ4n) is 1.61. The molecule has 0 atom stereocenters. The van der Waals surface area contributed by atoms with Gasteiger partial charge in [0.1, 0.15) is 6.07 Å². The van der Waals surface area contributed by atoms with Crippen LogP contribution >= 0.6 is 0 Å². The standard InChI is InChI=1S/C15H19N3O4S/c1-4-22-15(19)12(9-16)10-17-13-5-7-14(8-6-13)23(20,21)18-11(2)3/h5-8,10-11,17-18H,4H2,1-3H3/b12-10+. The summed E-state index contributed by atoms with van der Waals surface area (Å²) in [5.41, 5.74) is 0.357. The molecule has 0 aliphatic carbocycles. The number of benzene rings is 1. The summed E-state index contributed by atoms with van der Waals surface area (Å²) in [6, 6.07) is 7.45. The molecule has 8 heteroatoms. The van der Waals surface area contributed by atoms with Gasteiger partial charge in [-0.05, 0) is 45.0 Å². The summed E-state index contributed by atoms with van der Waals surface area (Å²) in [5.74, 6) is -0.720. The number of hydrogen-bond donors (Lipinski definition) is 2. The van der Waals surface area contributed by atoms with E-state index in [0.717, 1.165) is 0 Å². The highest BCUT2D eigenvalue weighted by molar-refractivity contribution is 7.89. The van der Waals surface area contributed by atoms with Gasteiger partial charge in [0.05, 0.1) is 11.5 Å². The van der Waals surface area contributed by atoms with E-state index in [1.807, 2.05) is 0 Å². The molecule has 0 radical (unpaired) electrons. The lowest BCUT2D eigenvalue weighted by atomic mass is 10.3. The molecule has 1 rings (SSSR count). The second kappa shape index (κ2) is 8.31. The van der Waals surface area contributed by atoms with Crippen LogP contribution in [0.5, 0.6) is 0 Å². The Balaban J connectivity index is 2.86. The van der Waals surface area contributed by atoms with E-state index in [4.69, 9.17) is 10.00 Å². The molecule has 0 fully saturated rings. The molecule has 0 saturated carbocycles. The zero-order chi connectivity index (χ0) is 17.5. The molecule has 7 nitrogen and oxygen atoms in total. The molecule has 124 valence electrons. The van der Waals surface area contributed by atoms with Crippen LogP contribution in [0.2, 0.25) is 0 Å². The molecule has 1 aromatic rings. The molecule has 0 bridgehead atoms. The summed E-state index contributed by atoms with van der Waals surface area (Å²) in [7, 11) is -3.55. The summed E-state index contributed by atoms with van der Waals surface area (Å²) in [6.07, 6.45) is 1.22. The van der Waals surface area contributed by atoms with Crippen LogP contribution in [-0.4, -0.2) is 27.0 Å². The number of nitriles is 1. The molecule has 0 heterocycles. The van der Waals surface area contributed by atoms with Crippen LogP contribution in [0.1, 0.15) is 20.8 Å². The van der Waals surface area contributed by atoms with E-state index in [9.17, 15) is 13.2 Å². The maximum Gasteiger partial charge on any atom is 0.350 e. The molecule has 0 spiro atoms. The van der Waals surface area contributed by atoms with Gasteiger partial charge in [0.15, 0.2) is 5.57 Å². The molecule has 0 amide bonds. The predicted octanol–water partition coefficient (Wildman–Crippen LogP) is 1.76. The maximum atomic E-state index is 12.0.